The number of nitrogens with zero attached hydrogens (tertiary/aromatic N) is 1. The molecule has 0 amide bonds. The molecule has 0 spiro atoms. The van der Waals surface area contributed by atoms with Crippen LogP contribution in [0.2, 0.25) is 0 Å². The first-order valence-electron chi connectivity index (χ1n) is 13.8. The molecule has 1 radical (unpaired) electrons. The van der Waals surface area contributed by atoms with Crippen LogP contribution in [0.25, 0.3) is 22.3 Å². The Morgan fingerprint density at radius 1 is 0.756 bits per heavy atom. The molecule has 1 saturated heterocycles. The van der Waals surface area contributed by atoms with Gasteiger partial charge in [0.05, 0.1) is 0 Å². The number of likely N-dealkylation sites (tertiary alicyclic amines) is 1. The Balaban J connectivity index is 0.000000226. The summed E-state index contributed by atoms with van der Waals surface area (Å²) >= 11 is 0. The maximum atomic E-state index is 10.2. The molecule has 1 unspecified atom stereocenters. The van der Waals surface area contributed by atoms with E-state index in [1.54, 1.807) is 6.07 Å². The van der Waals surface area contributed by atoms with Crippen molar-refractivity contribution in [2.75, 3.05) is 13.1 Å². The molecule has 209 valence electrons. The standard InChI is InChI=1S/C22H20O.C14H16N.2ClH.Ti/c1-14-8-11-21(23)18(12-14)15-9-10-17-16-6-4-5-7-19(16)22(2,3)20(17)13-15;1-11-10-12-6-2-3-7-13(12)14(11)15-8-4-5-9-15;;;/h4-13,23H,1-3H3;2-3,6-7,14H,4-5,8-9H2,1H3;2*1H;/q;-1;;;+3/p-2. The molecule has 1 N–H and O–H groups in total. The third-order valence-electron chi connectivity index (χ3n) is 8.55. The minimum absolute atomic E-state index is 0. The van der Waals surface area contributed by atoms with Gasteiger partial charge in [-0.15, -0.1) is 23.3 Å². The molecule has 1 fully saturated rings. The number of phenols is 1. The third-order valence-corrected chi connectivity index (χ3v) is 8.55. The van der Waals surface area contributed by atoms with E-state index in [2.05, 4.69) is 105 Å². The third kappa shape index (κ3) is 6.10. The molecule has 41 heavy (non-hydrogen) atoms. The monoisotopic (exact) mass is 616 g/mol. The van der Waals surface area contributed by atoms with Gasteiger partial charge in [0.15, 0.2) is 0 Å². The number of hydrogen-bond acceptors (Lipinski definition) is 2. The first-order valence-corrected chi connectivity index (χ1v) is 13.8. The largest absolute Gasteiger partial charge is 3.00 e. The van der Waals surface area contributed by atoms with Crippen molar-refractivity contribution in [2.24, 2.45) is 0 Å². The van der Waals surface area contributed by atoms with E-state index in [1.807, 2.05) is 12.1 Å². The van der Waals surface area contributed by atoms with Crippen LogP contribution < -0.4 is 24.8 Å². The Kier molecular flexibility index (Phi) is 10.8. The Morgan fingerprint density at radius 3 is 2.17 bits per heavy atom. The molecule has 0 bridgehead atoms. The van der Waals surface area contributed by atoms with Crippen LogP contribution in [0, 0.1) is 13.0 Å². The van der Waals surface area contributed by atoms with E-state index in [0.29, 0.717) is 11.8 Å². The van der Waals surface area contributed by atoms with Crippen LogP contribution in [0.15, 0.2) is 90.5 Å². The molecule has 7 rings (SSSR count). The second-order valence-corrected chi connectivity index (χ2v) is 11.5. The zero-order chi connectivity index (χ0) is 26.4. The Hall–Kier alpha value is -2.33. The maximum Gasteiger partial charge on any atom is 3.00 e. The summed E-state index contributed by atoms with van der Waals surface area (Å²) in [6.07, 6.45) is 6.21. The quantitative estimate of drug-likeness (QED) is 0.277. The van der Waals surface area contributed by atoms with Crippen LogP contribution in [0.5, 0.6) is 5.75 Å². The Labute approximate surface area is 272 Å². The van der Waals surface area contributed by atoms with Gasteiger partial charge in [-0.3, -0.25) is 0 Å². The molecule has 0 saturated carbocycles. The molecule has 5 heteroatoms. The van der Waals surface area contributed by atoms with E-state index < -0.39 is 0 Å². The molecule has 1 atom stereocenters. The molecule has 4 aromatic rings. The first-order chi connectivity index (χ1) is 18.3. The Bertz CT molecular complexity index is 1560. The molecular formula is C36H36Cl2NOTi. The number of hydrogen-bond donors (Lipinski definition) is 1. The van der Waals surface area contributed by atoms with Gasteiger partial charge in [0.25, 0.3) is 0 Å². The van der Waals surface area contributed by atoms with E-state index in [9.17, 15) is 5.11 Å². The zero-order valence-electron chi connectivity index (χ0n) is 24.1. The van der Waals surface area contributed by atoms with Gasteiger partial charge in [-0.25, -0.2) is 0 Å². The summed E-state index contributed by atoms with van der Waals surface area (Å²) in [4.78, 5) is 2.59. The number of phenolic OH excluding ortho intramolecular Hbond substituents is 1. The van der Waals surface area contributed by atoms with Crippen molar-refractivity contribution >= 4 is 0 Å². The Morgan fingerprint density at radius 2 is 1.41 bits per heavy atom. The predicted molar refractivity (Wildman–Crippen MR) is 157 cm³/mol. The van der Waals surface area contributed by atoms with Crippen molar-refractivity contribution in [3.05, 3.63) is 124 Å². The summed E-state index contributed by atoms with van der Waals surface area (Å²) in [5.41, 5.74) is 12.6. The van der Waals surface area contributed by atoms with Crippen LogP contribution in [0.1, 0.15) is 67.5 Å². The summed E-state index contributed by atoms with van der Waals surface area (Å²) < 4.78 is 0. The minimum Gasteiger partial charge on any atom is -1.00 e. The second kappa shape index (κ2) is 13.3. The molecule has 1 heterocycles. The number of rotatable bonds is 2. The van der Waals surface area contributed by atoms with Gasteiger partial charge >= 0.3 is 21.7 Å². The molecular weight excluding hydrogens is 581 g/mol. The van der Waals surface area contributed by atoms with Crippen molar-refractivity contribution in [3.63, 3.8) is 0 Å². The van der Waals surface area contributed by atoms with Crippen LogP contribution in [-0.2, 0) is 27.1 Å². The van der Waals surface area contributed by atoms with Crippen LogP contribution >= 0.6 is 0 Å². The predicted octanol–water partition coefficient (Wildman–Crippen LogP) is 2.61. The fourth-order valence-corrected chi connectivity index (χ4v) is 6.59. The number of aromatic hydroxyl groups is 1. The number of benzene rings is 4. The first kappa shape index (κ1) is 33.2. The average Bonchev–Trinajstić information content (AvgIpc) is 3.61. The van der Waals surface area contributed by atoms with Gasteiger partial charge < -0.3 is 34.8 Å². The molecule has 2 nitrogen and oxygen atoms in total. The van der Waals surface area contributed by atoms with Gasteiger partial charge in [0, 0.05) is 17.0 Å². The molecule has 0 aromatic heterocycles. The van der Waals surface area contributed by atoms with E-state index in [4.69, 9.17) is 0 Å². The number of aryl methyl sites for hydroxylation is 1. The normalized spacial score (nSPS) is 17.4. The van der Waals surface area contributed by atoms with Crippen molar-refractivity contribution in [1.29, 1.82) is 0 Å². The summed E-state index contributed by atoms with van der Waals surface area (Å²) in [5, 5.41) is 10.2. The van der Waals surface area contributed by atoms with Crippen molar-refractivity contribution in [1.82, 2.24) is 4.90 Å². The SMILES string of the molecule is CC1=[C-]c2ccccc2C1N1CCCC1.Cc1ccc(O)c(-c2ccc3c(c2)C(C)(C)c2ccccc2-3)c1.[Cl-].[Cl-].[Ti+3]. The summed E-state index contributed by atoms with van der Waals surface area (Å²) in [6.45, 7) is 11.3. The van der Waals surface area contributed by atoms with Gasteiger partial charge in [-0.2, -0.15) is 17.7 Å². The maximum absolute atomic E-state index is 10.2. The van der Waals surface area contributed by atoms with Crippen molar-refractivity contribution < 1.29 is 51.6 Å². The molecule has 4 aromatic carbocycles. The zero-order valence-corrected chi connectivity index (χ0v) is 27.2. The van der Waals surface area contributed by atoms with Crippen LogP contribution in [0.3, 0.4) is 0 Å². The number of halogens is 2. The van der Waals surface area contributed by atoms with Crippen molar-refractivity contribution in [3.8, 4) is 28.0 Å². The molecule has 1 aliphatic heterocycles. The van der Waals surface area contributed by atoms with E-state index in [-0.39, 0.29) is 51.9 Å². The van der Waals surface area contributed by atoms with Gasteiger partial charge in [0.1, 0.15) is 5.75 Å². The summed E-state index contributed by atoms with van der Waals surface area (Å²) in [7, 11) is 0. The van der Waals surface area contributed by atoms with Gasteiger partial charge in [0.2, 0.25) is 0 Å². The fraction of sp³-hybridized carbons (Fsp3) is 0.278. The van der Waals surface area contributed by atoms with Crippen LogP contribution in [-0.4, -0.2) is 23.1 Å². The molecule has 2 aliphatic carbocycles. The topological polar surface area (TPSA) is 23.5 Å². The van der Waals surface area contributed by atoms with E-state index >= 15 is 0 Å². The van der Waals surface area contributed by atoms with Gasteiger partial charge in [-0.1, -0.05) is 74.9 Å². The van der Waals surface area contributed by atoms with Crippen molar-refractivity contribution in [2.45, 2.75) is 52.0 Å². The van der Waals surface area contributed by atoms with E-state index in [1.165, 1.54) is 64.9 Å². The van der Waals surface area contributed by atoms with Crippen LogP contribution in [0.4, 0.5) is 0 Å². The number of fused-ring (bicyclic) bond motifs is 4. The fourth-order valence-electron chi connectivity index (χ4n) is 6.59. The smallest absolute Gasteiger partial charge is 1.00 e. The van der Waals surface area contributed by atoms with E-state index in [0.717, 1.165) is 16.7 Å². The second-order valence-electron chi connectivity index (χ2n) is 11.5. The average molecular weight is 617 g/mol. The van der Waals surface area contributed by atoms with Gasteiger partial charge in [-0.05, 0) is 78.9 Å². The molecule has 3 aliphatic rings. The summed E-state index contributed by atoms with van der Waals surface area (Å²) in [6, 6.07) is 30.1. The minimum atomic E-state index is -0.0125. The summed E-state index contributed by atoms with van der Waals surface area (Å²) in [5.74, 6) is 0.337.